The molecule has 3 aromatic rings. The van der Waals surface area contributed by atoms with Crippen LogP contribution in [0.4, 0.5) is 33.3 Å². The third-order valence-electron chi connectivity index (χ3n) is 10.1. The van der Waals surface area contributed by atoms with Crippen molar-refractivity contribution in [2.75, 3.05) is 16.9 Å². The predicted molar refractivity (Wildman–Crippen MR) is 167 cm³/mol. The lowest BCUT2D eigenvalue weighted by atomic mass is 9.56. The highest BCUT2D eigenvalue weighted by Gasteiger charge is 2.77. The number of carbonyl (C=O) groups excluding carboxylic acids is 4. The number of phenols is 1. The molecule has 10 nitrogen and oxygen atoms in total. The highest BCUT2D eigenvalue weighted by molar-refractivity contribution is 6.58. The number of carboxylic acid groups (broad SMARTS) is 1. The summed E-state index contributed by atoms with van der Waals surface area (Å²) < 4.78 is 78.3. The van der Waals surface area contributed by atoms with Gasteiger partial charge in [-0.1, -0.05) is 23.8 Å². The lowest BCUT2D eigenvalue weighted by molar-refractivity contribution is -0.125. The number of imide groups is 2. The van der Waals surface area contributed by atoms with Gasteiger partial charge in [-0.25, -0.2) is 31.6 Å². The normalized spacial score (nSPS) is 28.4. The lowest BCUT2D eigenvalue weighted by Crippen LogP contribution is -2.60. The number of phenolic OH excluding ortho intramolecular Hbond substituents is 1. The van der Waals surface area contributed by atoms with Crippen molar-refractivity contribution in [2.24, 2.45) is 17.8 Å². The molecule has 17 heteroatoms. The maximum absolute atomic E-state index is 15.2. The largest absolute Gasteiger partial charge is 0.504 e. The summed E-state index contributed by atoms with van der Waals surface area (Å²) in [5.74, 6) is -24.4. The quantitative estimate of drug-likeness (QED) is 0.0863. The molecule has 6 atom stereocenters. The zero-order valence-corrected chi connectivity index (χ0v) is 27.2. The number of aromatic hydroxyl groups is 1. The summed E-state index contributed by atoms with van der Waals surface area (Å²) >= 11 is 14.1. The average molecular weight is 751 g/mol. The van der Waals surface area contributed by atoms with Crippen LogP contribution in [0.1, 0.15) is 34.7 Å². The second-order valence-corrected chi connectivity index (χ2v) is 13.7. The first-order valence-electron chi connectivity index (χ1n) is 15.1. The minimum absolute atomic E-state index is 0.0223. The fourth-order valence-corrected chi connectivity index (χ4v) is 8.79. The molecule has 7 rings (SSSR count). The van der Waals surface area contributed by atoms with Gasteiger partial charge in [-0.3, -0.25) is 24.1 Å². The van der Waals surface area contributed by atoms with E-state index in [0.717, 1.165) is 17.0 Å². The molecule has 0 aromatic heterocycles. The van der Waals surface area contributed by atoms with Crippen LogP contribution >= 0.6 is 23.2 Å². The van der Waals surface area contributed by atoms with Crippen LogP contribution in [0.15, 0.2) is 54.1 Å². The number of nitrogens with zero attached hydrogens (tertiary/aromatic N) is 2. The number of fused-ring (bicyclic) bond motifs is 4. The van der Waals surface area contributed by atoms with Crippen LogP contribution in [0.5, 0.6) is 11.5 Å². The predicted octanol–water partition coefficient (Wildman–Crippen LogP) is 5.56. The standard InChI is InChI=1S/C34H21Cl2F5N2O8/c1-51-19-8-5-12(10-18(19)44)21-15-6-7-16-20(29(46)42(28(16)45)14-4-2-3-13(9-14)30(47)48)17(15)11-33(35)31(49)43(32(50)34(21,33)36)27-25(40)23(38)22(37)24(39)26(27)41/h2-6,8-10,16-17,20-21,44H,7,11H2,1H3,(H,47,48). The van der Waals surface area contributed by atoms with Crippen LogP contribution in [0.3, 0.4) is 0 Å². The number of rotatable bonds is 5. The molecule has 0 spiro atoms. The van der Waals surface area contributed by atoms with Crippen LogP contribution < -0.4 is 14.5 Å². The highest BCUT2D eigenvalue weighted by atomic mass is 35.5. The third kappa shape index (κ3) is 4.43. The average Bonchev–Trinajstić information content (AvgIpc) is 3.44. The van der Waals surface area contributed by atoms with Gasteiger partial charge in [0.25, 0.3) is 11.8 Å². The van der Waals surface area contributed by atoms with E-state index in [4.69, 9.17) is 27.9 Å². The molecule has 3 fully saturated rings. The van der Waals surface area contributed by atoms with Crippen molar-refractivity contribution in [3.05, 3.63) is 94.3 Å². The monoisotopic (exact) mass is 750 g/mol. The molecule has 2 aliphatic carbocycles. The van der Waals surface area contributed by atoms with Gasteiger partial charge in [0.1, 0.15) is 5.69 Å². The Bertz CT molecular complexity index is 2150. The molecule has 2 saturated heterocycles. The van der Waals surface area contributed by atoms with Gasteiger partial charge in [0.15, 0.2) is 44.5 Å². The van der Waals surface area contributed by atoms with Crippen LogP contribution in [0.2, 0.25) is 0 Å². The minimum atomic E-state index is -2.77. The molecule has 3 aromatic carbocycles. The first-order chi connectivity index (χ1) is 24.0. The lowest BCUT2D eigenvalue weighted by Gasteiger charge is -2.50. The van der Waals surface area contributed by atoms with Crippen LogP contribution in [0, 0.1) is 46.8 Å². The number of hydrogen-bond acceptors (Lipinski definition) is 7. The van der Waals surface area contributed by atoms with Gasteiger partial charge in [0.2, 0.25) is 17.6 Å². The van der Waals surface area contributed by atoms with Gasteiger partial charge in [0.05, 0.1) is 30.2 Å². The third-order valence-corrected chi connectivity index (χ3v) is 11.5. The molecule has 0 bridgehead atoms. The topological polar surface area (TPSA) is 142 Å². The number of amides is 4. The number of carbonyl (C=O) groups is 5. The van der Waals surface area contributed by atoms with E-state index in [0.29, 0.717) is 0 Å². The molecule has 4 aliphatic rings. The van der Waals surface area contributed by atoms with Crippen molar-refractivity contribution in [2.45, 2.75) is 28.5 Å². The summed E-state index contributed by atoms with van der Waals surface area (Å²) in [6.45, 7) is 0. The van der Waals surface area contributed by atoms with Crippen LogP contribution in [-0.2, 0) is 19.2 Å². The van der Waals surface area contributed by atoms with Crippen LogP contribution in [0.25, 0.3) is 0 Å². The molecule has 264 valence electrons. The molecule has 2 N–H and O–H groups in total. The molecule has 0 radical (unpaired) electrons. The van der Waals surface area contributed by atoms with E-state index in [2.05, 4.69) is 0 Å². The van der Waals surface area contributed by atoms with E-state index in [9.17, 15) is 47.4 Å². The van der Waals surface area contributed by atoms with Crippen LogP contribution in [-0.4, -0.2) is 56.7 Å². The zero-order valence-electron chi connectivity index (χ0n) is 25.7. The Morgan fingerprint density at radius 2 is 1.51 bits per heavy atom. The van der Waals surface area contributed by atoms with Gasteiger partial charge < -0.3 is 14.9 Å². The Kier molecular flexibility index (Phi) is 7.76. The van der Waals surface area contributed by atoms with Crippen molar-refractivity contribution >= 4 is 64.2 Å². The summed E-state index contributed by atoms with van der Waals surface area (Å²) in [6, 6.07) is 8.71. The van der Waals surface area contributed by atoms with E-state index in [1.165, 1.54) is 43.5 Å². The zero-order chi connectivity index (χ0) is 37.1. The number of ether oxygens (including phenoxy) is 1. The number of carboxylic acids is 1. The van der Waals surface area contributed by atoms with Gasteiger partial charge in [0, 0.05) is 5.92 Å². The number of methoxy groups -OCH3 is 1. The molecule has 2 heterocycles. The molecule has 6 unspecified atom stereocenters. The highest BCUT2D eigenvalue weighted by Crippen LogP contribution is 2.66. The minimum Gasteiger partial charge on any atom is -0.504 e. The fraction of sp³-hybridized carbons (Fsp3) is 0.265. The Morgan fingerprint density at radius 3 is 2.12 bits per heavy atom. The number of benzene rings is 3. The molecular weight excluding hydrogens is 730 g/mol. The number of hydrogen-bond donors (Lipinski definition) is 2. The summed E-state index contributed by atoms with van der Waals surface area (Å²) in [5, 5.41) is 20.2. The van der Waals surface area contributed by atoms with E-state index in [-0.39, 0.29) is 39.5 Å². The molecule has 2 aliphatic heterocycles. The molecular formula is C34H21Cl2F5N2O8. The summed E-state index contributed by atoms with van der Waals surface area (Å²) in [5.41, 5.74) is -2.07. The summed E-state index contributed by atoms with van der Waals surface area (Å²) in [4.78, 5) is 63.2. The van der Waals surface area contributed by atoms with Gasteiger partial charge in [-0.2, -0.15) is 0 Å². The molecule has 51 heavy (non-hydrogen) atoms. The second-order valence-electron chi connectivity index (χ2n) is 12.5. The molecule has 4 amide bonds. The maximum Gasteiger partial charge on any atom is 0.335 e. The van der Waals surface area contributed by atoms with Crippen molar-refractivity contribution in [1.29, 1.82) is 0 Å². The van der Waals surface area contributed by atoms with E-state index in [1.54, 1.807) is 0 Å². The summed E-state index contributed by atoms with van der Waals surface area (Å²) in [7, 11) is 1.24. The van der Waals surface area contributed by atoms with E-state index in [1.807, 2.05) is 0 Å². The Balaban J connectivity index is 1.42. The maximum atomic E-state index is 15.2. The van der Waals surface area contributed by atoms with E-state index < -0.39 is 110 Å². The number of alkyl halides is 2. The first-order valence-corrected chi connectivity index (χ1v) is 15.8. The van der Waals surface area contributed by atoms with Crippen molar-refractivity contribution in [3.8, 4) is 11.5 Å². The SMILES string of the molecule is COc1ccc(C2C3=CCC4C(=O)N(c5cccc(C(=O)O)c5)C(=O)C4C3CC3(Cl)C(=O)N(c4c(F)c(F)c(F)c(F)c4F)C(=O)C23Cl)cc1O. The van der Waals surface area contributed by atoms with Crippen molar-refractivity contribution in [3.63, 3.8) is 0 Å². The van der Waals surface area contributed by atoms with Gasteiger partial charge in [-0.15, -0.1) is 23.2 Å². The Morgan fingerprint density at radius 1 is 0.863 bits per heavy atom. The number of allylic oxidation sites excluding steroid dienone is 2. The second kappa shape index (κ2) is 11.5. The van der Waals surface area contributed by atoms with Crippen molar-refractivity contribution < 1.29 is 60.9 Å². The smallest absolute Gasteiger partial charge is 0.335 e. The Labute approximate surface area is 293 Å². The van der Waals surface area contributed by atoms with Gasteiger partial charge in [-0.05, 0) is 54.7 Å². The number of aromatic carboxylic acids is 1. The number of anilines is 2. The Hall–Kier alpha value is -5.02. The van der Waals surface area contributed by atoms with Gasteiger partial charge >= 0.3 is 5.97 Å². The fourth-order valence-electron chi connectivity index (χ4n) is 7.86. The first kappa shape index (κ1) is 34.4. The van der Waals surface area contributed by atoms with E-state index >= 15 is 8.78 Å². The van der Waals surface area contributed by atoms with Crippen molar-refractivity contribution in [1.82, 2.24) is 0 Å². The molecule has 1 saturated carbocycles. The summed E-state index contributed by atoms with van der Waals surface area (Å²) in [6.07, 6.45) is 0.613. The number of halogens is 7.